The molecule has 2 aromatic carbocycles. The maximum atomic E-state index is 13.0. The van der Waals surface area contributed by atoms with Crippen molar-refractivity contribution < 1.29 is 4.79 Å². The quantitative estimate of drug-likeness (QED) is 0.745. The molecule has 26 heavy (non-hydrogen) atoms. The first-order valence-corrected chi connectivity index (χ1v) is 9.27. The number of aromatic nitrogens is 3. The van der Waals surface area contributed by atoms with E-state index in [0.29, 0.717) is 5.16 Å². The predicted molar refractivity (Wildman–Crippen MR) is 103 cm³/mol. The Hall–Kier alpha value is -2.80. The molecule has 0 aliphatic carbocycles. The molecule has 7 heteroatoms. The number of anilines is 1. The fourth-order valence-corrected chi connectivity index (χ4v) is 4.13. The first-order valence-electron chi connectivity index (χ1n) is 8.39. The van der Waals surface area contributed by atoms with Crippen LogP contribution in [0.3, 0.4) is 0 Å². The summed E-state index contributed by atoms with van der Waals surface area (Å²) in [5, 5.41) is 11.6. The van der Waals surface area contributed by atoms with Gasteiger partial charge < -0.3 is 10.7 Å². The number of aryl methyl sites for hydroxylation is 2. The van der Waals surface area contributed by atoms with E-state index >= 15 is 0 Å². The van der Waals surface area contributed by atoms with Crippen molar-refractivity contribution in [3.8, 4) is 0 Å². The Morgan fingerprint density at radius 3 is 2.69 bits per heavy atom. The highest BCUT2D eigenvalue weighted by Gasteiger charge is 2.37. The second-order valence-corrected chi connectivity index (χ2v) is 7.39. The van der Waals surface area contributed by atoms with Crippen molar-refractivity contribution in [2.45, 2.75) is 30.3 Å². The predicted octanol–water partition coefficient (Wildman–Crippen LogP) is 3.29. The van der Waals surface area contributed by atoms with Gasteiger partial charge >= 0.3 is 0 Å². The lowest BCUT2D eigenvalue weighted by Crippen LogP contribution is -2.41. The molecule has 6 nitrogen and oxygen atoms in total. The van der Waals surface area contributed by atoms with E-state index < -0.39 is 0 Å². The number of rotatable bonds is 3. The summed E-state index contributed by atoms with van der Waals surface area (Å²) >= 11 is 1.43. The molecular formula is C19H19N5OS. The molecule has 4 rings (SSSR count). The molecule has 2 N–H and O–H groups in total. The first kappa shape index (κ1) is 16.7. The van der Waals surface area contributed by atoms with Crippen LogP contribution in [-0.2, 0) is 4.79 Å². The minimum absolute atomic E-state index is 0.0612. The number of carbonyl (C=O) groups is 1. The molecule has 0 fully saturated rings. The smallest absolute Gasteiger partial charge is 0.240 e. The summed E-state index contributed by atoms with van der Waals surface area (Å²) in [4.78, 5) is 13.0. The van der Waals surface area contributed by atoms with E-state index in [1.54, 1.807) is 0 Å². The lowest BCUT2D eigenvalue weighted by molar-refractivity contribution is -0.116. The van der Waals surface area contributed by atoms with Gasteiger partial charge in [-0.05, 0) is 37.1 Å². The molecule has 3 aromatic rings. The largest absolute Gasteiger partial charge is 0.325 e. The molecule has 0 unspecified atom stereocenters. The summed E-state index contributed by atoms with van der Waals surface area (Å²) in [7, 11) is 0. The number of thioether (sulfide) groups is 1. The summed E-state index contributed by atoms with van der Waals surface area (Å²) in [6.45, 7) is 3.89. The van der Waals surface area contributed by atoms with Crippen LogP contribution in [0.5, 0.6) is 0 Å². The van der Waals surface area contributed by atoms with Crippen LogP contribution >= 0.6 is 11.8 Å². The minimum atomic E-state index is -0.367. The van der Waals surface area contributed by atoms with E-state index in [-0.39, 0.29) is 17.2 Å². The maximum Gasteiger partial charge on any atom is 0.240 e. The third-order valence-corrected chi connectivity index (χ3v) is 5.52. The van der Waals surface area contributed by atoms with Gasteiger partial charge in [0.15, 0.2) is 0 Å². The van der Waals surface area contributed by atoms with Crippen molar-refractivity contribution in [2.24, 2.45) is 0 Å². The van der Waals surface area contributed by atoms with Crippen LogP contribution in [-0.4, -0.2) is 26.0 Å². The van der Waals surface area contributed by atoms with E-state index in [9.17, 15) is 4.79 Å². The van der Waals surface area contributed by atoms with Crippen LogP contribution in [0, 0.1) is 13.8 Å². The van der Waals surface area contributed by atoms with E-state index in [4.69, 9.17) is 0 Å². The van der Waals surface area contributed by atoms with E-state index in [1.807, 2.05) is 73.1 Å². The van der Waals surface area contributed by atoms with Gasteiger partial charge in [-0.25, -0.2) is 4.68 Å². The highest BCUT2D eigenvalue weighted by Crippen LogP contribution is 2.37. The molecule has 0 saturated carbocycles. The third kappa shape index (κ3) is 3.17. The van der Waals surface area contributed by atoms with Crippen LogP contribution in [0.2, 0.25) is 0 Å². The van der Waals surface area contributed by atoms with Crippen LogP contribution in [0.4, 0.5) is 5.69 Å². The van der Waals surface area contributed by atoms with Gasteiger partial charge in [-0.3, -0.25) is 4.79 Å². The third-order valence-electron chi connectivity index (χ3n) is 4.30. The van der Waals surface area contributed by atoms with Gasteiger partial charge in [0.1, 0.15) is 11.1 Å². The Kier molecular flexibility index (Phi) is 4.38. The zero-order chi connectivity index (χ0) is 18.1. The van der Waals surface area contributed by atoms with E-state index in [0.717, 1.165) is 22.6 Å². The van der Waals surface area contributed by atoms with Crippen molar-refractivity contribution in [1.82, 2.24) is 14.9 Å². The summed E-state index contributed by atoms with van der Waals surface area (Å²) in [5.41, 5.74) is 6.35. The molecule has 0 radical (unpaired) electrons. The molecule has 1 amide bonds. The summed E-state index contributed by atoms with van der Waals surface area (Å²) < 4.78 is 1.85. The molecule has 1 aliphatic heterocycles. The van der Waals surface area contributed by atoms with Gasteiger partial charge in [0, 0.05) is 5.69 Å². The molecular weight excluding hydrogens is 346 g/mol. The first-order chi connectivity index (χ1) is 12.6. The molecule has 0 bridgehead atoms. The number of benzene rings is 2. The molecule has 2 atom stereocenters. The zero-order valence-electron chi connectivity index (χ0n) is 14.5. The standard InChI is InChI=1S/C19H19N5OS/c1-12-7-6-10-15(11-12)20-18(25)17-16(14-8-4-3-5-9-14)23-24-13(2)21-22-19(24)26-17/h3-11,16-17,23H,1-2H3,(H,20,25)/t16-,17+/m1/s1. The second kappa shape index (κ2) is 6.84. The highest BCUT2D eigenvalue weighted by molar-refractivity contribution is 8.00. The van der Waals surface area contributed by atoms with Gasteiger partial charge in [-0.1, -0.05) is 54.2 Å². The summed E-state index contributed by atoms with van der Waals surface area (Å²) in [5.74, 6) is 0.708. The topological polar surface area (TPSA) is 71.8 Å². The molecule has 1 aliphatic rings. The number of amides is 1. The van der Waals surface area contributed by atoms with Crippen molar-refractivity contribution in [1.29, 1.82) is 0 Å². The zero-order valence-corrected chi connectivity index (χ0v) is 15.3. The molecule has 2 heterocycles. The Morgan fingerprint density at radius 1 is 1.12 bits per heavy atom. The molecule has 0 spiro atoms. The molecule has 0 saturated heterocycles. The molecule has 132 valence electrons. The van der Waals surface area contributed by atoms with Crippen LogP contribution in [0.15, 0.2) is 59.8 Å². The van der Waals surface area contributed by atoms with Crippen molar-refractivity contribution >= 4 is 23.4 Å². The van der Waals surface area contributed by atoms with E-state index in [1.165, 1.54) is 11.8 Å². The fraction of sp³-hybridized carbons (Fsp3) is 0.211. The van der Waals surface area contributed by atoms with Crippen molar-refractivity contribution in [3.05, 3.63) is 71.5 Å². The highest BCUT2D eigenvalue weighted by atomic mass is 32.2. The van der Waals surface area contributed by atoms with Crippen LogP contribution < -0.4 is 10.7 Å². The SMILES string of the molecule is Cc1cccc(NC(=O)[C@H]2Sc3nnc(C)n3N[C@@H]2c2ccccc2)c1. The number of nitrogens with zero attached hydrogens (tertiary/aromatic N) is 3. The Bertz CT molecular complexity index is 940. The van der Waals surface area contributed by atoms with Crippen LogP contribution in [0.1, 0.15) is 23.0 Å². The monoisotopic (exact) mass is 365 g/mol. The maximum absolute atomic E-state index is 13.0. The average Bonchev–Trinajstić information content (AvgIpc) is 3.02. The lowest BCUT2D eigenvalue weighted by Gasteiger charge is -2.32. The Labute approximate surface area is 156 Å². The number of fused-ring (bicyclic) bond motifs is 1. The van der Waals surface area contributed by atoms with Crippen molar-refractivity contribution in [2.75, 3.05) is 10.7 Å². The van der Waals surface area contributed by atoms with E-state index in [2.05, 4.69) is 20.9 Å². The number of nitrogens with one attached hydrogen (secondary N) is 2. The summed E-state index contributed by atoms with van der Waals surface area (Å²) in [6.07, 6.45) is 0. The number of hydrogen-bond donors (Lipinski definition) is 2. The second-order valence-electron chi connectivity index (χ2n) is 6.28. The number of carbonyl (C=O) groups excluding carboxylic acids is 1. The fourth-order valence-electron chi connectivity index (χ4n) is 3.01. The van der Waals surface area contributed by atoms with Gasteiger partial charge in [0.05, 0.1) is 6.04 Å². The van der Waals surface area contributed by atoms with Gasteiger partial charge in [0.25, 0.3) is 0 Å². The lowest BCUT2D eigenvalue weighted by atomic mass is 10.0. The van der Waals surface area contributed by atoms with Crippen LogP contribution in [0.25, 0.3) is 0 Å². The minimum Gasteiger partial charge on any atom is -0.325 e. The van der Waals surface area contributed by atoms with Gasteiger partial charge in [-0.15, -0.1) is 10.2 Å². The summed E-state index contributed by atoms with van der Waals surface area (Å²) in [6, 6.07) is 17.6. The van der Waals surface area contributed by atoms with Crippen molar-refractivity contribution in [3.63, 3.8) is 0 Å². The average molecular weight is 365 g/mol. The van der Waals surface area contributed by atoms with Gasteiger partial charge in [0.2, 0.25) is 11.1 Å². The Morgan fingerprint density at radius 2 is 1.92 bits per heavy atom. The van der Waals surface area contributed by atoms with Gasteiger partial charge in [-0.2, -0.15) is 0 Å². The molecule has 1 aromatic heterocycles. The normalized spacial score (nSPS) is 18.7. The number of hydrogen-bond acceptors (Lipinski definition) is 5. The Balaban J connectivity index is 1.66.